The topological polar surface area (TPSA) is 44.1 Å². The van der Waals surface area contributed by atoms with Gasteiger partial charge in [0.05, 0.1) is 12.3 Å². The summed E-state index contributed by atoms with van der Waals surface area (Å²) in [6, 6.07) is 0. The molecule has 0 fully saturated rings. The molecule has 4 heteroatoms. The molecule has 17 heavy (non-hydrogen) atoms. The summed E-state index contributed by atoms with van der Waals surface area (Å²) in [5.74, 6) is 1.09. The Morgan fingerprint density at radius 3 is 2.88 bits per heavy atom. The molecule has 0 unspecified atom stereocenters. The maximum atomic E-state index is 11.9. The molecule has 1 aliphatic rings. The SMILES string of the molecule is CCOC(=O)c1nc(C(C)C)n2c1CCCC2. The minimum Gasteiger partial charge on any atom is -0.461 e. The Labute approximate surface area is 102 Å². The third-order valence-electron chi connectivity index (χ3n) is 3.13. The number of hydrogen-bond donors (Lipinski definition) is 0. The van der Waals surface area contributed by atoms with Crippen molar-refractivity contribution in [1.82, 2.24) is 9.55 Å². The van der Waals surface area contributed by atoms with Gasteiger partial charge in [0, 0.05) is 12.5 Å². The predicted octanol–water partition coefficient (Wildman–Crippen LogP) is 2.52. The van der Waals surface area contributed by atoms with E-state index >= 15 is 0 Å². The summed E-state index contributed by atoms with van der Waals surface area (Å²) in [6.07, 6.45) is 3.24. The van der Waals surface area contributed by atoms with Crippen LogP contribution in [0.4, 0.5) is 0 Å². The maximum absolute atomic E-state index is 11.9. The summed E-state index contributed by atoms with van der Waals surface area (Å²) in [5.41, 5.74) is 1.61. The first-order valence-electron chi connectivity index (χ1n) is 6.41. The quantitative estimate of drug-likeness (QED) is 0.757. The lowest BCUT2D eigenvalue weighted by Crippen LogP contribution is -2.15. The molecule has 1 aromatic rings. The second kappa shape index (κ2) is 4.90. The summed E-state index contributed by atoms with van der Waals surface area (Å²) in [5, 5.41) is 0. The van der Waals surface area contributed by atoms with E-state index < -0.39 is 0 Å². The molecule has 0 N–H and O–H groups in total. The average Bonchev–Trinajstić information content (AvgIpc) is 2.69. The van der Waals surface area contributed by atoms with Crippen molar-refractivity contribution in [3.05, 3.63) is 17.2 Å². The van der Waals surface area contributed by atoms with Crippen molar-refractivity contribution < 1.29 is 9.53 Å². The highest BCUT2D eigenvalue weighted by Crippen LogP contribution is 2.25. The summed E-state index contributed by atoms with van der Waals surface area (Å²) in [4.78, 5) is 16.4. The third kappa shape index (κ3) is 2.21. The van der Waals surface area contributed by atoms with E-state index in [4.69, 9.17) is 4.74 Å². The number of rotatable bonds is 3. The molecule has 0 amide bonds. The standard InChI is InChI=1S/C13H20N2O2/c1-4-17-13(16)11-10-7-5-6-8-15(10)12(14-11)9(2)3/h9H,4-8H2,1-3H3. The predicted molar refractivity (Wildman–Crippen MR) is 65.2 cm³/mol. The van der Waals surface area contributed by atoms with Gasteiger partial charge in [0.1, 0.15) is 5.82 Å². The van der Waals surface area contributed by atoms with Crippen LogP contribution in [0, 0.1) is 0 Å². The van der Waals surface area contributed by atoms with Gasteiger partial charge >= 0.3 is 5.97 Å². The molecule has 94 valence electrons. The Kier molecular flexibility index (Phi) is 3.50. The molecule has 1 aliphatic heterocycles. The number of hydrogen-bond acceptors (Lipinski definition) is 3. The number of carbonyl (C=O) groups is 1. The summed E-state index contributed by atoms with van der Waals surface area (Å²) >= 11 is 0. The van der Waals surface area contributed by atoms with Crippen LogP contribution in [0.25, 0.3) is 0 Å². The minimum atomic E-state index is -0.273. The molecular weight excluding hydrogens is 216 g/mol. The zero-order chi connectivity index (χ0) is 12.4. The Morgan fingerprint density at radius 1 is 1.47 bits per heavy atom. The zero-order valence-electron chi connectivity index (χ0n) is 10.8. The van der Waals surface area contributed by atoms with Gasteiger partial charge in [0.25, 0.3) is 0 Å². The molecule has 0 bridgehead atoms. The van der Waals surface area contributed by atoms with Gasteiger partial charge in [-0.05, 0) is 26.2 Å². The van der Waals surface area contributed by atoms with Crippen LogP contribution in [0.1, 0.15) is 61.5 Å². The van der Waals surface area contributed by atoms with Gasteiger partial charge in [-0.2, -0.15) is 0 Å². The molecule has 2 heterocycles. The van der Waals surface area contributed by atoms with Crippen LogP contribution in [0.2, 0.25) is 0 Å². The largest absolute Gasteiger partial charge is 0.461 e. The average molecular weight is 236 g/mol. The molecule has 2 rings (SSSR count). The Bertz CT molecular complexity index is 421. The molecule has 0 radical (unpaired) electrons. The Balaban J connectivity index is 2.42. The molecule has 0 aromatic carbocycles. The number of ether oxygens (including phenoxy) is 1. The van der Waals surface area contributed by atoms with Gasteiger partial charge in [-0.3, -0.25) is 0 Å². The fraction of sp³-hybridized carbons (Fsp3) is 0.692. The van der Waals surface area contributed by atoms with Gasteiger partial charge < -0.3 is 9.30 Å². The van der Waals surface area contributed by atoms with E-state index in [2.05, 4.69) is 23.4 Å². The number of fused-ring (bicyclic) bond motifs is 1. The molecule has 0 spiro atoms. The van der Waals surface area contributed by atoms with Crippen LogP contribution >= 0.6 is 0 Å². The monoisotopic (exact) mass is 236 g/mol. The lowest BCUT2D eigenvalue weighted by molar-refractivity contribution is 0.0518. The normalized spacial score (nSPS) is 14.8. The van der Waals surface area contributed by atoms with Crippen molar-refractivity contribution in [2.75, 3.05) is 6.61 Å². The lowest BCUT2D eigenvalue weighted by Gasteiger charge is -2.18. The first kappa shape index (κ1) is 12.1. The second-order valence-electron chi connectivity index (χ2n) is 4.75. The molecular formula is C13H20N2O2. The lowest BCUT2D eigenvalue weighted by atomic mass is 10.1. The summed E-state index contributed by atoms with van der Waals surface area (Å²) in [7, 11) is 0. The number of aromatic nitrogens is 2. The van der Waals surface area contributed by atoms with Gasteiger partial charge in [0.15, 0.2) is 5.69 Å². The summed E-state index contributed by atoms with van der Waals surface area (Å²) < 4.78 is 7.28. The Morgan fingerprint density at radius 2 is 2.24 bits per heavy atom. The van der Waals surface area contributed by atoms with E-state index in [0.29, 0.717) is 18.2 Å². The number of esters is 1. The first-order valence-corrected chi connectivity index (χ1v) is 6.41. The van der Waals surface area contributed by atoms with Gasteiger partial charge in [-0.1, -0.05) is 13.8 Å². The van der Waals surface area contributed by atoms with E-state index in [1.54, 1.807) is 0 Å². The van der Waals surface area contributed by atoms with Crippen LogP contribution in [0.5, 0.6) is 0 Å². The van der Waals surface area contributed by atoms with Crippen LogP contribution < -0.4 is 0 Å². The number of imidazole rings is 1. The zero-order valence-corrected chi connectivity index (χ0v) is 10.8. The van der Waals surface area contributed by atoms with Crippen LogP contribution in [0.3, 0.4) is 0 Å². The van der Waals surface area contributed by atoms with Crippen LogP contribution in [-0.2, 0) is 17.7 Å². The van der Waals surface area contributed by atoms with Gasteiger partial charge in [0.2, 0.25) is 0 Å². The van der Waals surface area contributed by atoms with E-state index in [1.807, 2.05) is 6.92 Å². The van der Waals surface area contributed by atoms with E-state index in [9.17, 15) is 4.79 Å². The fourth-order valence-corrected chi connectivity index (χ4v) is 2.37. The highest BCUT2D eigenvalue weighted by atomic mass is 16.5. The first-order chi connectivity index (χ1) is 8.15. The highest BCUT2D eigenvalue weighted by molar-refractivity contribution is 5.88. The smallest absolute Gasteiger partial charge is 0.358 e. The van der Waals surface area contributed by atoms with Crippen LogP contribution in [-0.4, -0.2) is 22.1 Å². The van der Waals surface area contributed by atoms with Crippen molar-refractivity contribution in [3.63, 3.8) is 0 Å². The van der Waals surface area contributed by atoms with Crippen molar-refractivity contribution in [2.24, 2.45) is 0 Å². The van der Waals surface area contributed by atoms with E-state index in [0.717, 1.165) is 30.9 Å². The molecule has 1 aromatic heterocycles. The maximum Gasteiger partial charge on any atom is 0.358 e. The Hall–Kier alpha value is -1.32. The van der Waals surface area contributed by atoms with Crippen LogP contribution in [0.15, 0.2) is 0 Å². The molecule has 0 aliphatic carbocycles. The van der Waals surface area contributed by atoms with Crippen molar-refractivity contribution in [1.29, 1.82) is 0 Å². The van der Waals surface area contributed by atoms with Gasteiger partial charge in [-0.15, -0.1) is 0 Å². The van der Waals surface area contributed by atoms with Gasteiger partial charge in [-0.25, -0.2) is 9.78 Å². The third-order valence-corrected chi connectivity index (χ3v) is 3.13. The minimum absolute atomic E-state index is 0.273. The van der Waals surface area contributed by atoms with Crippen molar-refractivity contribution in [2.45, 2.75) is 52.5 Å². The van der Waals surface area contributed by atoms with E-state index in [-0.39, 0.29) is 5.97 Å². The van der Waals surface area contributed by atoms with Crippen molar-refractivity contribution >= 4 is 5.97 Å². The molecule has 4 nitrogen and oxygen atoms in total. The molecule has 0 atom stereocenters. The number of carbonyl (C=O) groups excluding carboxylic acids is 1. The highest BCUT2D eigenvalue weighted by Gasteiger charge is 2.25. The van der Waals surface area contributed by atoms with E-state index in [1.165, 1.54) is 6.42 Å². The molecule has 0 saturated heterocycles. The fourth-order valence-electron chi connectivity index (χ4n) is 2.37. The summed E-state index contributed by atoms with van der Waals surface area (Å²) in [6.45, 7) is 7.43. The number of nitrogens with zero attached hydrogens (tertiary/aromatic N) is 2. The second-order valence-corrected chi connectivity index (χ2v) is 4.75. The molecule has 0 saturated carbocycles. The van der Waals surface area contributed by atoms with Crippen molar-refractivity contribution in [3.8, 4) is 0 Å².